The second-order valence-electron chi connectivity index (χ2n) is 12.7. The minimum atomic E-state index is -4.67. The lowest BCUT2D eigenvalue weighted by atomic mass is 9.94. The van der Waals surface area contributed by atoms with Crippen LogP contribution in [-0.2, 0) is 35.5 Å². The van der Waals surface area contributed by atoms with Gasteiger partial charge in [-0.2, -0.15) is 13.2 Å². The number of rotatable bonds is 13. The molecule has 0 spiro atoms. The van der Waals surface area contributed by atoms with E-state index in [9.17, 15) is 18.0 Å². The third-order valence-electron chi connectivity index (χ3n) is 8.55. The van der Waals surface area contributed by atoms with Crippen LogP contribution in [-0.4, -0.2) is 54.6 Å². The molecule has 0 aliphatic carbocycles. The highest BCUT2D eigenvalue weighted by molar-refractivity contribution is 5.76. The van der Waals surface area contributed by atoms with E-state index in [0.29, 0.717) is 65.8 Å². The maximum Gasteiger partial charge on any atom is 0.417 e. The van der Waals surface area contributed by atoms with Gasteiger partial charge in [-0.25, -0.2) is 4.63 Å². The number of alkyl halides is 3. The van der Waals surface area contributed by atoms with Gasteiger partial charge >= 0.3 is 12.1 Å². The Labute approximate surface area is 293 Å². The zero-order valence-electron chi connectivity index (χ0n) is 28.7. The molecule has 13 heteroatoms. The Morgan fingerprint density at radius 2 is 1.67 bits per heavy atom. The highest BCUT2D eigenvalue weighted by Crippen LogP contribution is 2.42. The SMILES string of the molecule is COC(=O)[C@H](CC(C)C)N(C)Cc1ccc(OCc2cccc(-c3ccc4c(c3)OCCO4)c2C(F)(F)F)cc1OCc1ccc2nonc2c1. The number of carbonyl (C=O) groups is 1. The van der Waals surface area contributed by atoms with Crippen LogP contribution in [0.15, 0.2) is 77.4 Å². The number of ether oxygens (including phenoxy) is 5. The van der Waals surface area contributed by atoms with E-state index in [0.717, 1.165) is 11.1 Å². The molecule has 0 fully saturated rings. The van der Waals surface area contributed by atoms with Crippen LogP contribution in [0.25, 0.3) is 22.2 Å². The summed E-state index contributed by atoms with van der Waals surface area (Å²) in [4.78, 5) is 14.6. The molecule has 0 unspecified atom stereocenters. The van der Waals surface area contributed by atoms with Crippen LogP contribution in [0, 0.1) is 5.92 Å². The molecule has 4 aromatic carbocycles. The molecule has 0 saturated carbocycles. The fraction of sp³-hybridized carbons (Fsp3) is 0.342. The van der Waals surface area contributed by atoms with Crippen LogP contribution in [0.4, 0.5) is 13.2 Å². The minimum Gasteiger partial charge on any atom is -0.489 e. The first kappa shape index (κ1) is 35.5. The molecule has 0 N–H and O–H groups in total. The van der Waals surface area contributed by atoms with Crippen LogP contribution >= 0.6 is 0 Å². The molecule has 1 aromatic heterocycles. The van der Waals surface area contributed by atoms with E-state index in [4.69, 9.17) is 28.3 Å². The molecule has 10 nitrogen and oxygen atoms in total. The number of benzene rings is 4. The summed E-state index contributed by atoms with van der Waals surface area (Å²) in [7, 11) is 3.19. The Morgan fingerprint density at radius 3 is 2.43 bits per heavy atom. The zero-order chi connectivity index (χ0) is 36.1. The van der Waals surface area contributed by atoms with Crippen LogP contribution in [0.5, 0.6) is 23.0 Å². The lowest BCUT2D eigenvalue weighted by molar-refractivity contribution is -0.147. The number of hydrogen-bond acceptors (Lipinski definition) is 10. The molecule has 2 heterocycles. The summed E-state index contributed by atoms with van der Waals surface area (Å²) in [5.74, 6) is 1.51. The molecule has 1 aliphatic heterocycles. The fourth-order valence-electron chi connectivity index (χ4n) is 6.05. The van der Waals surface area contributed by atoms with Crippen LogP contribution < -0.4 is 18.9 Å². The number of methoxy groups -OCH3 is 1. The molecule has 0 saturated heterocycles. The molecular formula is C38H38F3N3O7. The van der Waals surface area contributed by atoms with E-state index in [-0.39, 0.29) is 36.2 Å². The number of esters is 1. The Morgan fingerprint density at radius 1 is 0.882 bits per heavy atom. The predicted octanol–water partition coefficient (Wildman–Crippen LogP) is 7.86. The van der Waals surface area contributed by atoms with Gasteiger partial charge in [-0.05, 0) is 76.7 Å². The number of likely N-dealkylation sites (N-methyl/N-ethyl adjacent to an activating group) is 1. The summed E-state index contributed by atoms with van der Waals surface area (Å²) >= 11 is 0. The molecule has 1 atom stereocenters. The van der Waals surface area contributed by atoms with Gasteiger partial charge in [0.15, 0.2) is 11.5 Å². The first-order chi connectivity index (χ1) is 24.5. The molecule has 0 amide bonds. The Bertz CT molecular complexity index is 2000. The molecule has 1 aliphatic rings. The van der Waals surface area contributed by atoms with Gasteiger partial charge in [0.25, 0.3) is 0 Å². The van der Waals surface area contributed by atoms with Crippen molar-refractivity contribution in [1.82, 2.24) is 15.2 Å². The van der Waals surface area contributed by atoms with E-state index in [2.05, 4.69) is 10.3 Å². The van der Waals surface area contributed by atoms with E-state index >= 15 is 0 Å². The van der Waals surface area contributed by atoms with E-state index in [1.54, 1.807) is 54.6 Å². The van der Waals surface area contributed by atoms with Crippen LogP contribution in [0.1, 0.15) is 42.5 Å². The van der Waals surface area contributed by atoms with Crippen molar-refractivity contribution in [1.29, 1.82) is 0 Å². The maximum atomic E-state index is 14.7. The largest absolute Gasteiger partial charge is 0.489 e. The van der Waals surface area contributed by atoms with Gasteiger partial charge in [0, 0.05) is 23.7 Å². The second-order valence-corrected chi connectivity index (χ2v) is 12.7. The average Bonchev–Trinajstić information content (AvgIpc) is 3.59. The van der Waals surface area contributed by atoms with Crippen LogP contribution in [0.2, 0.25) is 0 Å². The normalized spacial score (nSPS) is 13.4. The minimum absolute atomic E-state index is 0.00354. The number of carbonyl (C=O) groups excluding carboxylic acids is 1. The Hall–Kier alpha value is -5.30. The van der Waals surface area contributed by atoms with Gasteiger partial charge in [-0.15, -0.1) is 0 Å². The zero-order valence-corrected chi connectivity index (χ0v) is 28.7. The topological polar surface area (TPSA) is 105 Å². The lowest BCUT2D eigenvalue weighted by Crippen LogP contribution is -2.39. The van der Waals surface area contributed by atoms with Crippen molar-refractivity contribution in [2.45, 2.75) is 52.2 Å². The van der Waals surface area contributed by atoms with Gasteiger partial charge in [0.1, 0.15) is 55.0 Å². The second kappa shape index (κ2) is 15.3. The molecule has 6 rings (SSSR count). The summed E-state index contributed by atoms with van der Waals surface area (Å²) in [6, 6.07) is 19.2. The average molecular weight is 706 g/mol. The first-order valence-corrected chi connectivity index (χ1v) is 16.5. The molecular weight excluding hydrogens is 667 g/mol. The van der Waals surface area contributed by atoms with Crippen molar-refractivity contribution < 1.29 is 46.3 Å². The quantitative estimate of drug-likeness (QED) is 0.113. The van der Waals surface area contributed by atoms with Gasteiger partial charge in [0.05, 0.1) is 12.7 Å². The van der Waals surface area contributed by atoms with E-state index in [1.165, 1.54) is 19.2 Å². The smallest absolute Gasteiger partial charge is 0.417 e. The lowest BCUT2D eigenvalue weighted by Gasteiger charge is -2.28. The van der Waals surface area contributed by atoms with Crippen molar-refractivity contribution in [3.05, 3.63) is 95.1 Å². The molecule has 0 radical (unpaired) electrons. The first-order valence-electron chi connectivity index (χ1n) is 16.5. The van der Waals surface area contributed by atoms with Crippen molar-refractivity contribution in [2.75, 3.05) is 27.4 Å². The Kier molecular flexibility index (Phi) is 10.7. The Balaban J connectivity index is 1.28. The van der Waals surface area contributed by atoms with Crippen molar-refractivity contribution in [3.8, 4) is 34.1 Å². The van der Waals surface area contributed by atoms with Crippen molar-refractivity contribution >= 4 is 17.0 Å². The third-order valence-corrected chi connectivity index (χ3v) is 8.55. The summed E-state index contributed by atoms with van der Waals surface area (Å²) < 4.78 is 77.4. The molecule has 5 aromatic rings. The molecule has 51 heavy (non-hydrogen) atoms. The maximum absolute atomic E-state index is 14.7. The van der Waals surface area contributed by atoms with E-state index < -0.39 is 17.8 Å². The number of aromatic nitrogens is 2. The van der Waals surface area contributed by atoms with Crippen molar-refractivity contribution in [2.24, 2.45) is 5.92 Å². The van der Waals surface area contributed by atoms with Gasteiger partial charge in [-0.1, -0.05) is 50.2 Å². The standard InChI is InChI=1S/C38H38F3N3O7/c1-23(2)16-32(37(45)46-4)44(3)20-26-9-11-28(19-34(26)50-21-24-8-12-30-31(17-24)43-51-42-30)49-22-27-6-5-7-29(36(27)38(39,40)41)25-10-13-33-35(18-25)48-15-14-47-33/h5-13,17-19,23,32H,14-16,20-22H2,1-4H3/t32-/m0/s1. The highest BCUT2D eigenvalue weighted by atomic mass is 19.4. The molecule has 268 valence electrons. The molecule has 0 bridgehead atoms. The predicted molar refractivity (Wildman–Crippen MR) is 182 cm³/mol. The third kappa shape index (κ3) is 8.37. The number of halogens is 3. The number of fused-ring (bicyclic) bond motifs is 2. The number of nitrogens with zero attached hydrogens (tertiary/aromatic N) is 3. The number of hydrogen-bond donors (Lipinski definition) is 0. The fourth-order valence-corrected chi connectivity index (χ4v) is 6.05. The van der Waals surface area contributed by atoms with Gasteiger partial charge < -0.3 is 23.7 Å². The van der Waals surface area contributed by atoms with E-state index in [1.807, 2.05) is 31.9 Å². The van der Waals surface area contributed by atoms with Gasteiger partial charge in [-0.3, -0.25) is 9.69 Å². The van der Waals surface area contributed by atoms with Gasteiger partial charge in [0.2, 0.25) is 0 Å². The van der Waals surface area contributed by atoms with Crippen LogP contribution in [0.3, 0.4) is 0 Å². The van der Waals surface area contributed by atoms with Crippen molar-refractivity contribution in [3.63, 3.8) is 0 Å². The summed E-state index contributed by atoms with van der Waals surface area (Å²) in [5, 5.41) is 7.72. The highest BCUT2D eigenvalue weighted by Gasteiger charge is 2.37. The monoisotopic (exact) mass is 705 g/mol. The summed E-state index contributed by atoms with van der Waals surface area (Å²) in [6.07, 6.45) is -4.09. The summed E-state index contributed by atoms with van der Waals surface area (Å²) in [5.41, 5.74) is 2.22. The summed E-state index contributed by atoms with van der Waals surface area (Å²) in [6.45, 7) is 4.86.